The highest BCUT2D eigenvalue weighted by Crippen LogP contribution is 2.43. The Morgan fingerprint density at radius 3 is 2.54 bits per heavy atom. The molecule has 0 aliphatic carbocycles. The number of rotatable bonds is 6. The van der Waals surface area contributed by atoms with Gasteiger partial charge in [0.15, 0.2) is 5.13 Å². The molecule has 0 amide bonds. The molecule has 0 bridgehead atoms. The molecule has 8 nitrogen and oxygen atoms in total. The number of nitrogens with one attached hydrogen (secondary N) is 1. The number of aromatic hydroxyl groups is 1. The lowest BCUT2D eigenvalue weighted by Gasteiger charge is -2.32. The zero-order chi connectivity index (χ0) is 25.1. The number of hydrogen-bond donors (Lipinski definition) is 2. The van der Waals surface area contributed by atoms with E-state index in [1.165, 1.54) is 25.6 Å². The average Bonchev–Trinajstić information content (AvgIpc) is 3.31. The second-order valence-corrected chi connectivity index (χ2v) is 8.88. The minimum Gasteiger partial charge on any atom is -0.508 e. The standard InChI is InChI=1S/C26H25N3O5S/c1-14-21(24(31)33-3)23(22(15(2)27-14)25(32)34-4)18-10-5-6-11-19(18)28-26-29-20(13-35-26)16-8-7-9-17(30)12-16/h5-13,21,23,30H,1-4H3,(H,28,29). The zero-order valence-electron chi connectivity index (χ0n) is 19.7. The molecule has 0 fully saturated rings. The van der Waals surface area contributed by atoms with E-state index in [1.807, 2.05) is 35.7 Å². The van der Waals surface area contributed by atoms with Crippen molar-refractivity contribution < 1.29 is 24.2 Å². The molecular formula is C26H25N3O5S. The fourth-order valence-corrected chi connectivity index (χ4v) is 5.04. The van der Waals surface area contributed by atoms with Crippen LogP contribution in [0.1, 0.15) is 25.3 Å². The van der Waals surface area contributed by atoms with E-state index in [4.69, 9.17) is 9.47 Å². The van der Waals surface area contributed by atoms with Crippen molar-refractivity contribution in [3.63, 3.8) is 0 Å². The van der Waals surface area contributed by atoms with Crippen LogP contribution in [-0.4, -0.2) is 42.0 Å². The number of anilines is 2. The van der Waals surface area contributed by atoms with Gasteiger partial charge in [-0.2, -0.15) is 0 Å². The van der Waals surface area contributed by atoms with Crippen molar-refractivity contribution in [3.8, 4) is 17.0 Å². The minimum absolute atomic E-state index is 0.163. The summed E-state index contributed by atoms with van der Waals surface area (Å²) in [6, 6.07) is 14.3. The third-order valence-corrected chi connectivity index (χ3v) is 6.63. The Balaban J connectivity index is 1.77. The summed E-state index contributed by atoms with van der Waals surface area (Å²) in [6.07, 6.45) is 0. The Kier molecular flexibility index (Phi) is 6.97. The number of hydrogen-bond acceptors (Lipinski definition) is 9. The predicted octanol–water partition coefficient (Wildman–Crippen LogP) is 5.05. The number of phenols is 1. The molecule has 0 radical (unpaired) electrons. The summed E-state index contributed by atoms with van der Waals surface area (Å²) in [5.41, 5.74) is 4.27. The second-order valence-electron chi connectivity index (χ2n) is 8.02. The van der Waals surface area contributed by atoms with Crippen molar-refractivity contribution in [2.24, 2.45) is 10.9 Å². The number of aromatic nitrogens is 1. The molecule has 180 valence electrons. The largest absolute Gasteiger partial charge is 0.508 e. The molecule has 4 rings (SSSR count). The Labute approximate surface area is 207 Å². The molecule has 9 heteroatoms. The van der Waals surface area contributed by atoms with Crippen LogP contribution in [-0.2, 0) is 19.1 Å². The van der Waals surface area contributed by atoms with Crippen LogP contribution < -0.4 is 5.32 Å². The number of phenolic OH excluding ortho intramolecular Hbond substituents is 1. The van der Waals surface area contributed by atoms with Crippen molar-refractivity contribution >= 4 is 39.8 Å². The molecule has 1 aliphatic heterocycles. The molecule has 2 unspecified atom stereocenters. The number of para-hydroxylation sites is 1. The number of aliphatic imine (C=N–C) groups is 1. The van der Waals surface area contributed by atoms with Crippen LogP contribution in [0.3, 0.4) is 0 Å². The van der Waals surface area contributed by atoms with Crippen LogP contribution in [0, 0.1) is 5.92 Å². The molecule has 1 aromatic heterocycles. The van der Waals surface area contributed by atoms with E-state index in [0.29, 0.717) is 39.1 Å². The van der Waals surface area contributed by atoms with Crippen LogP contribution in [0.25, 0.3) is 11.3 Å². The molecular weight excluding hydrogens is 466 g/mol. The summed E-state index contributed by atoms with van der Waals surface area (Å²) in [4.78, 5) is 34.8. The molecule has 2 heterocycles. The fourth-order valence-electron chi connectivity index (χ4n) is 4.31. The van der Waals surface area contributed by atoms with Crippen molar-refractivity contribution in [2.45, 2.75) is 19.8 Å². The quantitative estimate of drug-likeness (QED) is 0.464. The lowest BCUT2D eigenvalue weighted by Crippen LogP contribution is -2.36. The van der Waals surface area contributed by atoms with Crippen molar-refractivity contribution in [1.82, 2.24) is 4.98 Å². The number of esters is 2. The van der Waals surface area contributed by atoms with E-state index >= 15 is 0 Å². The summed E-state index contributed by atoms with van der Waals surface area (Å²) >= 11 is 1.40. The monoisotopic (exact) mass is 491 g/mol. The number of benzene rings is 2. The number of thiazole rings is 1. The van der Waals surface area contributed by atoms with Gasteiger partial charge in [0.05, 0.1) is 25.5 Å². The maximum atomic E-state index is 12.9. The molecule has 0 saturated heterocycles. The van der Waals surface area contributed by atoms with Gasteiger partial charge in [-0.25, -0.2) is 9.78 Å². The third kappa shape index (κ3) is 4.81. The highest BCUT2D eigenvalue weighted by atomic mass is 32.1. The van der Waals surface area contributed by atoms with Gasteiger partial charge in [-0.3, -0.25) is 9.79 Å². The first-order valence-corrected chi connectivity index (χ1v) is 11.7. The van der Waals surface area contributed by atoms with Crippen molar-refractivity contribution in [1.29, 1.82) is 0 Å². The van der Waals surface area contributed by atoms with Crippen molar-refractivity contribution in [3.05, 3.63) is 70.7 Å². The van der Waals surface area contributed by atoms with Gasteiger partial charge in [0.25, 0.3) is 0 Å². The number of methoxy groups -OCH3 is 2. The number of ether oxygens (including phenoxy) is 2. The van der Waals surface area contributed by atoms with E-state index in [0.717, 1.165) is 5.56 Å². The normalized spacial score (nSPS) is 17.5. The van der Waals surface area contributed by atoms with Crippen LogP contribution in [0.4, 0.5) is 10.8 Å². The smallest absolute Gasteiger partial charge is 0.336 e. The Morgan fingerprint density at radius 1 is 1.06 bits per heavy atom. The van der Waals surface area contributed by atoms with Gasteiger partial charge < -0.3 is 19.9 Å². The lowest BCUT2D eigenvalue weighted by atomic mass is 9.75. The van der Waals surface area contributed by atoms with Gasteiger partial charge >= 0.3 is 11.9 Å². The first-order valence-electron chi connectivity index (χ1n) is 10.9. The molecule has 2 N–H and O–H groups in total. The fraction of sp³-hybridized carbons (Fsp3) is 0.231. The first-order chi connectivity index (χ1) is 16.8. The van der Waals surface area contributed by atoms with Crippen molar-refractivity contribution in [2.75, 3.05) is 19.5 Å². The van der Waals surface area contributed by atoms with Gasteiger partial charge in [-0.1, -0.05) is 30.3 Å². The molecule has 0 saturated carbocycles. The van der Waals surface area contributed by atoms with E-state index in [1.54, 1.807) is 32.0 Å². The van der Waals surface area contributed by atoms with Crippen LogP contribution in [0.5, 0.6) is 5.75 Å². The zero-order valence-corrected chi connectivity index (χ0v) is 20.6. The lowest BCUT2D eigenvalue weighted by molar-refractivity contribution is -0.143. The third-order valence-electron chi connectivity index (χ3n) is 5.87. The molecule has 1 aliphatic rings. The summed E-state index contributed by atoms with van der Waals surface area (Å²) in [5, 5.41) is 15.6. The molecule has 0 spiro atoms. The highest BCUT2D eigenvalue weighted by molar-refractivity contribution is 7.14. The van der Waals surface area contributed by atoms with Crippen LogP contribution in [0.15, 0.2) is 70.2 Å². The van der Waals surface area contributed by atoms with Gasteiger partial charge in [0.2, 0.25) is 0 Å². The summed E-state index contributed by atoms with van der Waals surface area (Å²) in [6.45, 7) is 3.49. The van der Waals surface area contributed by atoms with Gasteiger partial charge in [0, 0.05) is 34.0 Å². The summed E-state index contributed by atoms with van der Waals surface area (Å²) in [7, 11) is 2.62. The van der Waals surface area contributed by atoms with Gasteiger partial charge in [0.1, 0.15) is 11.7 Å². The number of nitrogens with zero attached hydrogens (tertiary/aromatic N) is 2. The maximum Gasteiger partial charge on any atom is 0.336 e. The van der Waals surface area contributed by atoms with E-state index in [2.05, 4.69) is 15.3 Å². The maximum absolute atomic E-state index is 12.9. The second kappa shape index (κ2) is 10.1. The van der Waals surface area contributed by atoms with E-state index < -0.39 is 23.8 Å². The SMILES string of the molecule is COC(=O)C1=C(C)N=C(C)C(C(=O)OC)C1c1ccccc1Nc1nc(-c2cccc(O)c2)cs1. The molecule has 3 aromatic rings. The van der Waals surface area contributed by atoms with Crippen LogP contribution in [0.2, 0.25) is 0 Å². The molecule has 2 aromatic carbocycles. The number of carbonyl (C=O) groups excluding carboxylic acids is 2. The predicted molar refractivity (Wildman–Crippen MR) is 135 cm³/mol. The van der Waals surface area contributed by atoms with Crippen LogP contribution >= 0.6 is 11.3 Å². The first kappa shape index (κ1) is 24.2. The molecule has 2 atom stereocenters. The Hall–Kier alpha value is -3.98. The van der Waals surface area contributed by atoms with Gasteiger partial charge in [-0.05, 0) is 37.6 Å². The summed E-state index contributed by atoms with van der Waals surface area (Å²) < 4.78 is 10.1. The van der Waals surface area contributed by atoms with E-state index in [9.17, 15) is 14.7 Å². The average molecular weight is 492 g/mol. The molecule has 35 heavy (non-hydrogen) atoms. The number of carbonyl (C=O) groups is 2. The van der Waals surface area contributed by atoms with E-state index in [-0.39, 0.29) is 5.75 Å². The Bertz CT molecular complexity index is 1340. The number of allylic oxidation sites excluding steroid dienone is 1. The summed E-state index contributed by atoms with van der Waals surface area (Å²) in [5.74, 6) is -2.33. The topological polar surface area (TPSA) is 110 Å². The highest BCUT2D eigenvalue weighted by Gasteiger charge is 2.43. The Morgan fingerprint density at radius 2 is 1.83 bits per heavy atom. The van der Waals surface area contributed by atoms with Gasteiger partial charge in [-0.15, -0.1) is 11.3 Å². The minimum atomic E-state index is -0.792.